The molecule has 1 heterocycles. The van der Waals surface area contributed by atoms with Crippen molar-refractivity contribution in [3.8, 4) is 0 Å². The number of hydrogen-bond acceptors (Lipinski definition) is 5. The number of fused-ring (bicyclic) bond motifs is 1. The van der Waals surface area contributed by atoms with Gasteiger partial charge in [0.15, 0.2) is 6.10 Å². The molecule has 0 fully saturated rings. The third kappa shape index (κ3) is 4.63. The number of halogens is 3. The lowest BCUT2D eigenvalue weighted by Crippen LogP contribution is -2.31. The van der Waals surface area contributed by atoms with Gasteiger partial charge in [-0.25, -0.2) is 9.59 Å². The van der Waals surface area contributed by atoms with Crippen LogP contribution in [-0.4, -0.2) is 18.0 Å². The Morgan fingerprint density at radius 3 is 2.38 bits per heavy atom. The molecule has 6 nitrogen and oxygen atoms in total. The van der Waals surface area contributed by atoms with Gasteiger partial charge < -0.3 is 14.5 Å². The molecule has 0 saturated heterocycles. The summed E-state index contributed by atoms with van der Waals surface area (Å²) in [6.07, 6.45) is -5.80. The molecule has 0 aliphatic heterocycles. The Kier molecular flexibility index (Phi) is 5.40. The van der Waals surface area contributed by atoms with Crippen LogP contribution in [-0.2, 0) is 15.7 Å². The average molecular weight is 405 g/mol. The minimum absolute atomic E-state index is 0.0936. The molecule has 0 radical (unpaired) electrons. The minimum atomic E-state index is -4.49. The number of carbonyl (C=O) groups excluding carboxylic acids is 2. The Morgan fingerprint density at radius 1 is 1.07 bits per heavy atom. The largest absolute Gasteiger partial charge is 0.449 e. The van der Waals surface area contributed by atoms with Crippen LogP contribution in [0.15, 0.2) is 63.8 Å². The van der Waals surface area contributed by atoms with Crippen LogP contribution in [0.1, 0.15) is 22.8 Å². The van der Waals surface area contributed by atoms with Gasteiger partial charge in [0.05, 0.1) is 5.56 Å². The van der Waals surface area contributed by atoms with Crippen LogP contribution >= 0.6 is 0 Å². The first kappa shape index (κ1) is 20.1. The second-order valence-electron chi connectivity index (χ2n) is 6.10. The summed E-state index contributed by atoms with van der Waals surface area (Å²) in [5.41, 5.74) is -1.77. The molecule has 1 amide bonds. The van der Waals surface area contributed by atoms with Crippen molar-refractivity contribution in [1.82, 2.24) is 0 Å². The molecule has 1 atom stereocenters. The van der Waals surface area contributed by atoms with Gasteiger partial charge in [-0.05, 0) is 43.3 Å². The fraction of sp³-hybridized carbons (Fsp3) is 0.150. The van der Waals surface area contributed by atoms with Crippen molar-refractivity contribution >= 4 is 28.5 Å². The molecule has 1 aromatic heterocycles. The lowest BCUT2D eigenvalue weighted by Gasteiger charge is -2.14. The van der Waals surface area contributed by atoms with Crippen molar-refractivity contribution in [2.75, 3.05) is 5.32 Å². The third-order valence-electron chi connectivity index (χ3n) is 3.99. The Hall–Kier alpha value is -3.62. The Labute approximate surface area is 161 Å². The van der Waals surface area contributed by atoms with Gasteiger partial charge in [-0.2, -0.15) is 13.2 Å². The zero-order chi connectivity index (χ0) is 21.2. The number of ether oxygens (including phenoxy) is 1. The van der Waals surface area contributed by atoms with Gasteiger partial charge in [-0.3, -0.25) is 4.79 Å². The predicted molar refractivity (Wildman–Crippen MR) is 97.4 cm³/mol. The fourth-order valence-corrected chi connectivity index (χ4v) is 2.47. The zero-order valence-corrected chi connectivity index (χ0v) is 14.9. The summed E-state index contributed by atoms with van der Waals surface area (Å²) < 4.78 is 47.7. The highest BCUT2D eigenvalue weighted by Crippen LogP contribution is 2.29. The third-order valence-corrected chi connectivity index (χ3v) is 3.99. The molecule has 150 valence electrons. The van der Waals surface area contributed by atoms with E-state index in [1.54, 1.807) is 24.3 Å². The minimum Gasteiger partial charge on any atom is -0.449 e. The SMILES string of the molecule is C[C@@H](OC(=O)c1cc2ccccc2oc1=O)C(=O)Nc1ccc(C(F)(F)F)cc1. The lowest BCUT2D eigenvalue weighted by molar-refractivity contribution is -0.137. The molecule has 0 aliphatic rings. The first-order valence-corrected chi connectivity index (χ1v) is 8.37. The van der Waals surface area contributed by atoms with Crippen molar-refractivity contribution in [3.05, 3.63) is 76.1 Å². The molecule has 3 aromatic rings. The van der Waals surface area contributed by atoms with Gasteiger partial charge in [-0.1, -0.05) is 18.2 Å². The van der Waals surface area contributed by atoms with Crippen molar-refractivity contribution in [2.45, 2.75) is 19.2 Å². The van der Waals surface area contributed by atoms with Crippen LogP contribution in [0.4, 0.5) is 18.9 Å². The summed E-state index contributed by atoms with van der Waals surface area (Å²) in [5.74, 6) is -1.83. The van der Waals surface area contributed by atoms with E-state index in [2.05, 4.69) is 5.32 Å². The summed E-state index contributed by atoms with van der Waals surface area (Å²) in [6.45, 7) is 1.26. The van der Waals surface area contributed by atoms with Crippen molar-refractivity contribution in [1.29, 1.82) is 0 Å². The first-order chi connectivity index (χ1) is 13.6. The maximum absolute atomic E-state index is 12.6. The smallest absolute Gasteiger partial charge is 0.416 e. The number of benzene rings is 2. The van der Waals surface area contributed by atoms with E-state index in [0.29, 0.717) is 11.0 Å². The Bertz CT molecular complexity index is 1120. The maximum atomic E-state index is 12.6. The summed E-state index contributed by atoms with van der Waals surface area (Å²) in [7, 11) is 0. The van der Waals surface area contributed by atoms with E-state index < -0.39 is 35.3 Å². The fourth-order valence-electron chi connectivity index (χ4n) is 2.47. The van der Waals surface area contributed by atoms with Crippen LogP contribution in [0.5, 0.6) is 0 Å². The second-order valence-corrected chi connectivity index (χ2v) is 6.10. The predicted octanol–water partition coefficient (Wildman–Crippen LogP) is 4.00. The molecule has 0 spiro atoms. The van der Waals surface area contributed by atoms with Gasteiger partial charge >= 0.3 is 17.8 Å². The van der Waals surface area contributed by atoms with E-state index in [-0.39, 0.29) is 11.3 Å². The van der Waals surface area contributed by atoms with Crippen LogP contribution < -0.4 is 10.9 Å². The second kappa shape index (κ2) is 7.78. The Balaban J connectivity index is 1.68. The van der Waals surface area contributed by atoms with E-state index in [0.717, 1.165) is 24.3 Å². The molecular weight excluding hydrogens is 391 g/mol. The standard InChI is InChI=1S/C20H14F3NO5/c1-11(17(25)24-14-8-6-13(7-9-14)20(21,22)23)28-18(26)15-10-12-4-2-3-5-16(12)29-19(15)27/h2-11H,1H3,(H,24,25)/t11-/m1/s1. The number of esters is 1. The molecule has 2 aromatic carbocycles. The number of alkyl halides is 3. The molecular formula is C20H14F3NO5. The van der Waals surface area contributed by atoms with Crippen LogP contribution in [0.2, 0.25) is 0 Å². The molecule has 9 heteroatoms. The molecule has 0 bridgehead atoms. The molecule has 0 unspecified atom stereocenters. The Morgan fingerprint density at radius 2 is 1.72 bits per heavy atom. The number of nitrogens with one attached hydrogen (secondary N) is 1. The zero-order valence-electron chi connectivity index (χ0n) is 14.9. The molecule has 0 aliphatic carbocycles. The van der Waals surface area contributed by atoms with E-state index in [4.69, 9.17) is 9.15 Å². The highest BCUT2D eigenvalue weighted by Gasteiger charge is 2.30. The van der Waals surface area contributed by atoms with Gasteiger partial charge in [0.25, 0.3) is 5.91 Å². The number of rotatable bonds is 4. The van der Waals surface area contributed by atoms with Crippen molar-refractivity contribution < 1.29 is 31.9 Å². The van der Waals surface area contributed by atoms with E-state index in [9.17, 15) is 27.6 Å². The summed E-state index contributed by atoms with van der Waals surface area (Å²) in [4.78, 5) is 36.4. The van der Waals surface area contributed by atoms with Crippen LogP contribution in [0.3, 0.4) is 0 Å². The van der Waals surface area contributed by atoms with Gasteiger partial charge in [0.2, 0.25) is 0 Å². The monoisotopic (exact) mass is 405 g/mol. The summed E-state index contributed by atoms with van der Waals surface area (Å²) in [5, 5.41) is 2.84. The lowest BCUT2D eigenvalue weighted by atomic mass is 10.2. The highest BCUT2D eigenvalue weighted by molar-refractivity contribution is 5.98. The maximum Gasteiger partial charge on any atom is 0.416 e. The number of anilines is 1. The number of para-hydroxylation sites is 1. The van der Waals surface area contributed by atoms with E-state index in [1.165, 1.54) is 13.0 Å². The summed E-state index contributed by atoms with van der Waals surface area (Å²) in [6, 6.07) is 11.6. The van der Waals surface area contributed by atoms with Gasteiger partial charge in [-0.15, -0.1) is 0 Å². The van der Waals surface area contributed by atoms with E-state index in [1.807, 2.05) is 0 Å². The molecule has 3 rings (SSSR count). The van der Waals surface area contributed by atoms with Gasteiger partial charge in [0, 0.05) is 11.1 Å². The molecule has 1 N–H and O–H groups in total. The van der Waals surface area contributed by atoms with E-state index >= 15 is 0 Å². The van der Waals surface area contributed by atoms with Crippen molar-refractivity contribution in [2.24, 2.45) is 0 Å². The molecule has 29 heavy (non-hydrogen) atoms. The number of amides is 1. The highest BCUT2D eigenvalue weighted by atomic mass is 19.4. The summed E-state index contributed by atoms with van der Waals surface area (Å²) >= 11 is 0. The normalized spacial score (nSPS) is 12.4. The van der Waals surface area contributed by atoms with Crippen LogP contribution in [0, 0.1) is 0 Å². The number of hydrogen-bond donors (Lipinski definition) is 1. The van der Waals surface area contributed by atoms with Crippen molar-refractivity contribution in [3.63, 3.8) is 0 Å². The quantitative estimate of drug-likeness (QED) is 0.524. The topological polar surface area (TPSA) is 85.6 Å². The molecule has 0 saturated carbocycles. The first-order valence-electron chi connectivity index (χ1n) is 8.37. The average Bonchev–Trinajstić information content (AvgIpc) is 2.67. The van der Waals surface area contributed by atoms with Crippen LogP contribution in [0.25, 0.3) is 11.0 Å². The van der Waals surface area contributed by atoms with Gasteiger partial charge in [0.1, 0.15) is 11.1 Å². The number of carbonyl (C=O) groups is 2.